The van der Waals surface area contributed by atoms with Crippen molar-refractivity contribution in [2.75, 3.05) is 33.2 Å². The number of hydrogen-bond acceptors (Lipinski definition) is 3. The third-order valence-corrected chi connectivity index (χ3v) is 3.63. The number of aliphatic hydroxyl groups is 1. The van der Waals surface area contributed by atoms with Gasteiger partial charge in [-0.3, -0.25) is 4.90 Å². The van der Waals surface area contributed by atoms with Crippen molar-refractivity contribution in [3.63, 3.8) is 0 Å². The summed E-state index contributed by atoms with van der Waals surface area (Å²) in [5.41, 5.74) is 0.212. The molecule has 0 aromatic carbocycles. The maximum atomic E-state index is 10.0. The van der Waals surface area contributed by atoms with Gasteiger partial charge in [-0.15, -0.1) is 0 Å². The highest BCUT2D eigenvalue weighted by Crippen LogP contribution is 2.42. The Morgan fingerprint density at radius 3 is 2.50 bits per heavy atom. The topological polar surface area (TPSA) is 26.7 Å². The molecular formula is C11H22N2O. The van der Waals surface area contributed by atoms with Gasteiger partial charge >= 0.3 is 0 Å². The summed E-state index contributed by atoms with van der Waals surface area (Å²) >= 11 is 0. The van der Waals surface area contributed by atoms with Gasteiger partial charge < -0.3 is 10.0 Å². The zero-order chi connectivity index (χ0) is 10.3. The fourth-order valence-electron chi connectivity index (χ4n) is 2.93. The van der Waals surface area contributed by atoms with E-state index in [-0.39, 0.29) is 11.6 Å². The highest BCUT2D eigenvalue weighted by molar-refractivity contribution is 5.03. The molecule has 3 heteroatoms. The normalized spacial score (nSPS) is 32.8. The van der Waals surface area contributed by atoms with Crippen LogP contribution in [-0.4, -0.2) is 54.4 Å². The Labute approximate surface area is 86.7 Å². The van der Waals surface area contributed by atoms with E-state index in [0.717, 1.165) is 25.6 Å². The molecule has 1 N–H and O–H groups in total. The van der Waals surface area contributed by atoms with Gasteiger partial charge in [0.25, 0.3) is 0 Å². The summed E-state index contributed by atoms with van der Waals surface area (Å²) in [7, 11) is 2.02. The monoisotopic (exact) mass is 198 g/mol. The molecule has 2 aliphatic heterocycles. The fraction of sp³-hybridized carbons (Fsp3) is 1.00. The van der Waals surface area contributed by atoms with Crippen LogP contribution in [0.25, 0.3) is 0 Å². The van der Waals surface area contributed by atoms with Gasteiger partial charge in [0.15, 0.2) is 0 Å². The standard InChI is InChI=1S/C11H22N2O/c1-9(2)6-13-7-11(8-13)4-5-12(3)10(11)14/h9-10,14H,4-8H2,1-3H3. The van der Waals surface area contributed by atoms with Gasteiger partial charge in [-0.05, 0) is 19.4 Å². The Balaban J connectivity index is 1.86. The molecule has 2 heterocycles. The molecule has 1 unspecified atom stereocenters. The van der Waals surface area contributed by atoms with Crippen molar-refractivity contribution in [1.82, 2.24) is 9.80 Å². The van der Waals surface area contributed by atoms with Crippen LogP contribution in [0.5, 0.6) is 0 Å². The van der Waals surface area contributed by atoms with E-state index in [1.807, 2.05) is 7.05 Å². The zero-order valence-corrected chi connectivity index (χ0v) is 9.53. The molecule has 82 valence electrons. The molecule has 2 saturated heterocycles. The molecule has 2 aliphatic rings. The van der Waals surface area contributed by atoms with Crippen LogP contribution in [0.4, 0.5) is 0 Å². The molecule has 1 spiro atoms. The quantitative estimate of drug-likeness (QED) is 0.704. The maximum absolute atomic E-state index is 10.0. The van der Waals surface area contributed by atoms with Crippen LogP contribution in [-0.2, 0) is 0 Å². The lowest BCUT2D eigenvalue weighted by atomic mass is 9.77. The van der Waals surface area contributed by atoms with E-state index in [1.54, 1.807) is 0 Å². The Morgan fingerprint density at radius 2 is 2.07 bits per heavy atom. The van der Waals surface area contributed by atoms with E-state index in [1.165, 1.54) is 13.0 Å². The highest BCUT2D eigenvalue weighted by Gasteiger charge is 2.52. The first-order valence-corrected chi connectivity index (χ1v) is 5.64. The summed E-state index contributed by atoms with van der Waals surface area (Å²) in [4.78, 5) is 4.54. The Kier molecular flexibility index (Phi) is 2.58. The number of rotatable bonds is 2. The summed E-state index contributed by atoms with van der Waals surface area (Å²) in [6.07, 6.45) is 0.963. The lowest BCUT2D eigenvalue weighted by Gasteiger charge is -2.50. The van der Waals surface area contributed by atoms with Crippen molar-refractivity contribution in [3.8, 4) is 0 Å². The van der Waals surface area contributed by atoms with Crippen molar-refractivity contribution >= 4 is 0 Å². The summed E-state index contributed by atoms with van der Waals surface area (Å²) in [6.45, 7) is 8.92. The third-order valence-electron chi connectivity index (χ3n) is 3.63. The van der Waals surface area contributed by atoms with Crippen LogP contribution in [0.3, 0.4) is 0 Å². The molecule has 3 nitrogen and oxygen atoms in total. The summed E-state index contributed by atoms with van der Waals surface area (Å²) < 4.78 is 0. The fourth-order valence-corrected chi connectivity index (χ4v) is 2.93. The molecule has 0 amide bonds. The second-order valence-electron chi connectivity index (χ2n) is 5.53. The highest BCUT2D eigenvalue weighted by atomic mass is 16.3. The smallest absolute Gasteiger partial charge is 0.115 e. The van der Waals surface area contributed by atoms with Gasteiger partial charge in [0.1, 0.15) is 6.23 Å². The first-order chi connectivity index (χ1) is 6.53. The minimum Gasteiger partial charge on any atom is -0.378 e. The van der Waals surface area contributed by atoms with Crippen LogP contribution in [0.15, 0.2) is 0 Å². The molecule has 0 radical (unpaired) electrons. The molecule has 0 bridgehead atoms. The number of likely N-dealkylation sites (tertiary alicyclic amines) is 2. The van der Waals surface area contributed by atoms with Gasteiger partial charge in [-0.25, -0.2) is 0 Å². The van der Waals surface area contributed by atoms with Crippen molar-refractivity contribution in [1.29, 1.82) is 0 Å². The van der Waals surface area contributed by atoms with Crippen LogP contribution in [0.1, 0.15) is 20.3 Å². The Morgan fingerprint density at radius 1 is 1.43 bits per heavy atom. The van der Waals surface area contributed by atoms with Crippen molar-refractivity contribution < 1.29 is 5.11 Å². The minimum absolute atomic E-state index is 0.203. The van der Waals surface area contributed by atoms with E-state index in [9.17, 15) is 5.11 Å². The van der Waals surface area contributed by atoms with E-state index in [0.29, 0.717) is 0 Å². The lowest BCUT2D eigenvalue weighted by Crippen LogP contribution is -2.61. The molecular weight excluding hydrogens is 176 g/mol. The van der Waals surface area contributed by atoms with E-state index < -0.39 is 0 Å². The largest absolute Gasteiger partial charge is 0.378 e. The second kappa shape index (κ2) is 3.47. The van der Waals surface area contributed by atoms with Gasteiger partial charge in [-0.1, -0.05) is 13.8 Å². The van der Waals surface area contributed by atoms with Crippen LogP contribution < -0.4 is 0 Å². The SMILES string of the molecule is CC(C)CN1CC2(CCN(C)C2O)C1. The predicted molar refractivity (Wildman–Crippen MR) is 57.0 cm³/mol. The number of aliphatic hydroxyl groups excluding tert-OH is 1. The van der Waals surface area contributed by atoms with Gasteiger partial charge in [0.2, 0.25) is 0 Å². The van der Waals surface area contributed by atoms with E-state index >= 15 is 0 Å². The lowest BCUT2D eigenvalue weighted by molar-refractivity contribution is -0.114. The molecule has 1 atom stereocenters. The van der Waals surface area contributed by atoms with Crippen LogP contribution >= 0.6 is 0 Å². The molecule has 0 aliphatic carbocycles. The van der Waals surface area contributed by atoms with Gasteiger partial charge in [0.05, 0.1) is 0 Å². The second-order valence-corrected chi connectivity index (χ2v) is 5.53. The average Bonchev–Trinajstić information content (AvgIpc) is 2.31. The van der Waals surface area contributed by atoms with E-state index in [2.05, 4.69) is 23.6 Å². The first kappa shape index (κ1) is 10.4. The van der Waals surface area contributed by atoms with Gasteiger partial charge in [-0.2, -0.15) is 0 Å². The average molecular weight is 198 g/mol. The molecule has 14 heavy (non-hydrogen) atoms. The molecule has 0 aromatic heterocycles. The summed E-state index contributed by atoms with van der Waals surface area (Å²) in [5, 5.41) is 10.0. The van der Waals surface area contributed by atoms with E-state index in [4.69, 9.17) is 0 Å². The summed E-state index contributed by atoms with van der Waals surface area (Å²) in [6, 6.07) is 0. The third kappa shape index (κ3) is 1.58. The zero-order valence-electron chi connectivity index (χ0n) is 9.53. The van der Waals surface area contributed by atoms with Crippen molar-refractivity contribution in [2.24, 2.45) is 11.3 Å². The van der Waals surface area contributed by atoms with Gasteiger partial charge in [0, 0.05) is 31.6 Å². The Bertz CT molecular complexity index is 211. The summed E-state index contributed by atoms with van der Waals surface area (Å²) in [5.74, 6) is 0.739. The van der Waals surface area contributed by atoms with Crippen LogP contribution in [0, 0.1) is 11.3 Å². The molecule has 2 fully saturated rings. The molecule has 0 saturated carbocycles. The molecule has 2 rings (SSSR count). The maximum Gasteiger partial charge on any atom is 0.115 e. The first-order valence-electron chi connectivity index (χ1n) is 5.64. The molecule has 0 aromatic rings. The van der Waals surface area contributed by atoms with Crippen molar-refractivity contribution in [3.05, 3.63) is 0 Å². The van der Waals surface area contributed by atoms with Crippen molar-refractivity contribution in [2.45, 2.75) is 26.5 Å². The minimum atomic E-state index is -0.203. The van der Waals surface area contributed by atoms with Crippen LogP contribution in [0.2, 0.25) is 0 Å². The Hall–Kier alpha value is -0.120. The predicted octanol–water partition coefficient (Wildman–Crippen LogP) is 0.598. The number of nitrogens with zero attached hydrogens (tertiary/aromatic N) is 2. The number of hydrogen-bond donors (Lipinski definition) is 1.